The van der Waals surface area contributed by atoms with Crippen molar-refractivity contribution in [3.8, 4) is 0 Å². The van der Waals surface area contributed by atoms with Crippen molar-refractivity contribution in [2.45, 2.75) is 41.5 Å². The van der Waals surface area contributed by atoms with Gasteiger partial charge < -0.3 is 0 Å². The summed E-state index contributed by atoms with van der Waals surface area (Å²) in [5, 5.41) is 5.41. The van der Waals surface area contributed by atoms with Crippen LogP contribution in [0.5, 0.6) is 0 Å². The van der Waals surface area contributed by atoms with Crippen LogP contribution in [0.2, 0.25) is 0 Å². The number of benzene rings is 4. The molecule has 0 N–H and O–H groups in total. The maximum Gasteiger partial charge on any atom is -0.0152 e. The van der Waals surface area contributed by atoms with Gasteiger partial charge in [0, 0.05) is 0 Å². The topological polar surface area (TPSA) is 0 Å². The Kier molecular flexibility index (Phi) is 6.97. The largest absolute Gasteiger partial charge is 0.0683 e. The molecule has 26 heavy (non-hydrogen) atoms. The predicted molar refractivity (Wildman–Crippen MR) is 118 cm³/mol. The first-order valence-corrected chi connectivity index (χ1v) is 9.46. The number of rotatable bonds is 0. The van der Waals surface area contributed by atoms with E-state index in [0.29, 0.717) is 0 Å². The van der Waals surface area contributed by atoms with Gasteiger partial charge in [0.15, 0.2) is 0 Å². The number of aryl methyl sites for hydroxylation is 4. The monoisotopic (exact) mass is 342 g/mol. The highest BCUT2D eigenvalue weighted by Crippen LogP contribution is 2.19. The highest BCUT2D eigenvalue weighted by Gasteiger charge is 1.96. The molecule has 0 unspecified atom stereocenters. The van der Waals surface area contributed by atoms with E-state index in [1.165, 1.54) is 43.8 Å². The van der Waals surface area contributed by atoms with Crippen LogP contribution in [0.15, 0.2) is 72.8 Å². The minimum atomic E-state index is 1.33. The number of fused-ring (bicyclic) bond motifs is 2. The first-order chi connectivity index (χ1) is 12.5. The second-order valence-electron chi connectivity index (χ2n) is 6.60. The molecule has 134 valence electrons. The lowest BCUT2D eigenvalue weighted by atomic mass is 10.0. The second kappa shape index (κ2) is 9.20. The SMILES string of the molecule is CC.Cc1ccc2cccc(C)c2c1.Cc1ccc2cccc(C)c2c1. The van der Waals surface area contributed by atoms with Crippen molar-refractivity contribution < 1.29 is 0 Å². The van der Waals surface area contributed by atoms with Crippen molar-refractivity contribution in [3.63, 3.8) is 0 Å². The molecule has 0 aliphatic rings. The molecule has 0 amide bonds. The van der Waals surface area contributed by atoms with Gasteiger partial charge in [-0.05, 0) is 60.4 Å². The minimum Gasteiger partial charge on any atom is -0.0683 e. The van der Waals surface area contributed by atoms with Crippen molar-refractivity contribution in [1.82, 2.24) is 0 Å². The lowest BCUT2D eigenvalue weighted by Crippen LogP contribution is -1.78. The fourth-order valence-electron chi connectivity index (χ4n) is 3.09. The van der Waals surface area contributed by atoms with Gasteiger partial charge in [-0.2, -0.15) is 0 Å². The fraction of sp³-hybridized carbons (Fsp3) is 0.231. The summed E-state index contributed by atoms with van der Waals surface area (Å²) in [4.78, 5) is 0. The molecule has 0 fully saturated rings. The van der Waals surface area contributed by atoms with E-state index < -0.39 is 0 Å². The maximum atomic E-state index is 2.24. The molecule has 4 rings (SSSR count). The van der Waals surface area contributed by atoms with Crippen LogP contribution < -0.4 is 0 Å². The molecule has 0 atom stereocenters. The zero-order valence-electron chi connectivity index (χ0n) is 16.9. The van der Waals surface area contributed by atoms with Crippen LogP contribution in [0.4, 0.5) is 0 Å². The summed E-state index contributed by atoms with van der Waals surface area (Å²) in [5.74, 6) is 0. The minimum absolute atomic E-state index is 1.33. The molecule has 4 aromatic carbocycles. The van der Waals surface area contributed by atoms with Crippen molar-refractivity contribution in [2.24, 2.45) is 0 Å². The lowest BCUT2D eigenvalue weighted by molar-refractivity contribution is 1.47. The van der Waals surface area contributed by atoms with Crippen LogP contribution >= 0.6 is 0 Å². The van der Waals surface area contributed by atoms with Gasteiger partial charge in [0.25, 0.3) is 0 Å². The van der Waals surface area contributed by atoms with E-state index in [-0.39, 0.29) is 0 Å². The van der Waals surface area contributed by atoms with E-state index in [1.54, 1.807) is 0 Å². The first-order valence-electron chi connectivity index (χ1n) is 9.46. The third-order valence-electron chi connectivity index (χ3n) is 4.51. The van der Waals surface area contributed by atoms with Gasteiger partial charge in [0.05, 0.1) is 0 Å². The van der Waals surface area contributed by atoms with Crippen LogP contribution in [-0.4, -0.2) is 0 Å². The van der Waals surface area contributed by atoms with Crippen molar-refractivity contribution in [1.29, 1.82) is 0 Å². The Labute approximate surface area is 158 Å². The van der Waals surface area contributed by atoms with E-state index in [1.807, 2.05) is 13.8 Å². The van der Waals surface area contributed by atoms with Crippen LogP contribution in [0.3, 0.4) is 0 Å². The third kappa shape index (κ3) is 4.73. The Morgan fingerprint density at radius 1 is 0.462 bits per heavy atom. The summed E-state index contributed by atoms with van der Waals surface area (Å²) in [5.41, 5.74) is 5.38. The molecule has 0 aliphatic carbocycles. The van der Waals surface area contributed by atoms with Crippen LogP contribution in [0.25, 0.3) is 21.5 Å². The van der Waals surface area contributed by atoms with Crippen LogP contribution in [0, 0.1) is 27.7 Å². The standard InChI is InChI=1S/2C12H12.C2H6/c2*1-9-6-7-11-5-3-4-10(2)12(11)8-9;1-2/h2*3-8H,1-2H3;1-2H3. The third-order valence-corrected chi connectivity index (χ3v) is 4.51. The molecule has 0 saturated heterocycles. The smallest absolute Gasteiger partial charge is 0.0152 e. The Morgan fingerprint density at radius 3 is 1.23 bits per heavy atom. The average molecular weight is 343 g/mol. The van der Waals surface area contributed by atoms with Gasteiger partial charge in [0.1, 0.15) is 0 Å². The van der Waals surface area contributed by atoms with E-state index in [0.717, 1.165) is 0 Å². The molecule has 0 aliphatic heterocycles. The van der Waals surface area contributed by atoms with E-state index >= 15 is 0 Å². The predicted octanol–water partition coefficient (Wildman–Crippen LogP) is 7.94. The molecule has 0 nitrogen and oxygen atoms in total. The summed E-state index contributed by atoms with van der Waals surface area (Å²) in [7, 11) is 0. The Hall–Kier alpha value is -2.60. The summed E-state index contributed by atoms with van der Waals surface area (Å²) in [6, 6.07) is 26.0. The van der Waals surface area contributed by atoms with Crippen molar-refractivity contribution in [2.75, 3.05) is 0 Å². The molecular formula is C26H30. The Balaban J connectivity index is 0.000000171. The quantitative estimate of drug-likeness (QED) is 0.304. The van der Waals surface area contributed by atoms with Gasteiger partial charge >= 0.3 is 0 Å². The average Bonchev–Trinajstić information content (AvgIpc) is 2.65. The molecule has 0 aromatic heterocycles. The zero-order valence-corrected chi connectivity index (χ0v) is 16.9. The van der Waals surface area contributed by atoms with Gasteiger partial charge in [-0.3, -0.25) is 0 Å². The van der Waals surface area contributed by atoms with Gasteiger partial charge in [-0.15, -0.1) is 0 Å². The molecule has 0 heteroatoms. The Morgan fingerprint density at radius 2 is 0.846 bits per heavy atom. The lowest BCUT2D eigenvalue weighted by Gasteiger charge is -2.01. The van der Waals surface area contributed by atoms with E-state index in [9.17, 15) is 0 Å². The normalized spacial score (nSPS) is 9.92. The van der Waals surface area contributed by atoms with E-state index in [2.05, 4.69) is 100 Å². The second-order valence-corrected chi connectivity index (χ2v) is 6.60. The van der Waals surface area contributed by atoms with Gasteiger partial charge in [-0.1, -0.05) is 97.8 Å². The van der Waals surface area contributed by atoms with Crippen molar-refractivity contribution >= 4 is 21.5 Å². The molecule has 0 spiro atoms. The highest BCUT2D eigenvalue weighted by atomic mass is 14.0. The first kappa shape index (κ1) is 19.7. The number of hydrogen-bond acceptors (Lipinski definition) is 0. The maximum absolute atomic E-state index is 2.24. The van der Waals surface area contributed by atoms with E-state index in [4.69, 9.17) is 0 Å². The fourth-order valence-corrected chi connectivity index (χ4v) is 3.09. The molecule has 0 heterocycles. The zero-order chi connectivity index (χ0) is 19.1. The van der Waals surface area contributed by atoms with Crippen LogP contribution in [-0.2, 0) is 0 Å². The summed E-state index contributed by atoms with van der Waals surface area (Å²) in [6.07, 6.45) is 0. The molecule has 4 aromatic rings. The molecule has 0 bridgehead atoms. The summed E-state index contributed by atoms with van der Waals surface area (Å²) in [6.45, 7) is 12.6. The molecular weight excluding hydrogens is 312 g/mol. The molecule has 0 saturated carbocycles. The summed E-state index contributed by atoms with van der Waals surface area (Å²) >= 11 is 0. The van der Waals surface area contributed by atoms with Crippen molar-refractivity contribution in [3.05, 3.63) is 95.1 Å². The van der Waals surface area contributed by atoms with Gasteiger partial charge in [-0.25, -0.2) is 0 Å². The van der Waals surface area contributed by atoms with Gasteiger partial charge in [0.2, 0.25) is 0 Å². The van der Waals surface area contributed by atoms with Crippen LogP contribution in [0.1, 0.15) is 36.1 Å². The molecule has 0 radical (unpaired) electrons. The summed E-state index contributed by atoms with van der Waals surface area (Å²) < 4.78 is 0. The Bertz CT molecular complexity index is 910. The highest BCUT2D eigenvalue weighted by molar-refractivity contribution is 5.86. The number of hydrogen-bond donors (Lipinski definition) is 0.